The highest BCUT2D eigenvalue weighted by molar-refractivity contribution is 7.92. The number of anilines is 1. The van der Waals surface area contributed by atoms with Crippen LogP contribution in [0.3, 0.4) is 0 Å². The van der Waals surface area contributed by atoms with E-state index in [1.54, 1.807) is 36.4 Å². The largest absolute Gasteiger partial charge is 0.346 e. The molecule has 3 aromatic carbocycles. The van der Waals surface area contributed by atoms with Gasteiger partial charge in [-0.05, 0) is 49.7 Å². The highest BCUT2D eigenvalue weighted by atomic mass is 32.2. The zero-order valence-corrected chi connectivity index (χ0v) is 16.5. The number of rotatable bonds is 6. The summed E-state index contributed by atoms with van der Waals surface area (Å²) in [6.07, 6.45) is 0. The van der Waals surface area contributed by atoms with Crippen LogP contribution in [-0.2, 0) is 10.0 Å². The molecule has 6 heteroatoms. The Morgan fingerprint density at radius 2 is 1.57 bits per heavy atom. The number of aryl methyl sites for hydroxylation is 1. The van der Waals surface area contributed by atoms with Crippen molar-refractivity contribution >= 4 is 21.6 Å². The molecule has 0 unspecified atom stereocenters. The third kappa shape index (κ3) is 4.78. The number of benzene rings is 3. The summed E-state index contributed by atoms with van der Waals surface area (Å²) >= 11 is 0. The van der Waals surface area contributed by atoms with E-state index in [0.717, 1.165) is 11.1 Å². The van der Waals surface area contributed by atoms with Crippen molar-refractivity contribution in [3.05, 3.63) is 95.6 Å². The van der Waals surface area contributed by atoms with E-state index in [9.17, 15) is 13.2 Å². The van der Waals surface area contributed by atoms with Gasteiger partial charge in [-0.1, -0.05) is 54.1 Å². The zero-order valence-electron chi connectivity index (χ0n) is 15.7. The van der Waals surface area contributed by atoms with Crippen LogP contribution in [0.1, 0.15) is 34.5 Å². The summed E-state index contributed by atoms with van der Waals surface area (Å²) in [5, 5.41) is 2.94. The van der Waals surface area contributed by atoms with Crippen molar-refractivity contribution in [2.45, 2.75) is 24.8 Å². The van der Waals surface area contributed by atoms with Crippen LogP contribution in [0.5, 0.6) is 0 Å². The Bertz CT molecular complexity index is 1060. The molecule has 0 aliphatic carbocycles. The molecule has 3 rings (SSSR count). The summed E-state index contributed by atoms with van der Waals surface area (Å²) in [6, 6.07) is 22.3. The average molecular weight is 394 g/mol. The van der Waals surface area contributed by atoms with E-state index in [1.165, 1.54) is 18.2 Å². The second kappa shape index (κ2) is 8.27. The molecule has 0 saturated carbocycles. The molecule has 144 valence electrons. The topological polar surface area (TPSA) is 75.3 Å². The Morgan fingerprint density at radius 1 is 0.893 bits per heavy atom. The summed E-state index contributed by atoms with van der Waals surface area (Å²) in [5.74, 6) is -0.270. The number of nitrogens with one attached hydrogen (secondary N) is 2. The molecule has 3 aromatic rings. The van der Waals surface area contributed by atoms with Crippen molar-refractivity contribution in [3.63, 3.8) is 0 Å². The third-order valence-electron chi connectivity index (χ3n) is 4.36. The molecule has 0 spiro atoms. The molecular formula is C22H22N2O3S. The lowest BCUT2D eigenvalue weighted by Gasteiger charge is -2.15. The van der Waals surface area contributed by atoms with Crippen LogP contribution in [0, 0.1) is 6.92 Å². The van der Waals surface area contributed by atoms with Crippen LogP contribution in [0.25, 0.3) is 0 Å². The first-order valence-corrected chi connectivity index (χ1v) is 10.4. The quantitative estimate of drug-likeness (QED) is 0.655. The summed E-state index contributed by atoms with van der Waals surface area (Å²) in [6.45, 7) is 3.92. The van der Waals surface area contributed by atoms with Gasteiger partial charge in [0.05, 0.1) is 10.9 Å². The van der Waals surface area contributed by atoms with E-state index in [0.29, 0.717) is 11.3 Å². The monoisotopic (exact) mass is 394 g/mol. The van der Waals surface area contributed by atoms with Gasteiger partial charge in [-0.2, -0.15) is 0 Å². The molecule has 0 aliphatic heterocycles. The molecule has 28 heavy (non-hydrogen) atoms. The minimum absolute atomic E-state index is 0.165. The molecular weight excluding hydrogens is 372 g/mol. The van der Waals surface area contributed by atoms with E-state index in [4.69, 9.17) is 0 Å². The van der Waals surface area contributed by atoms with Crippen LogP contribution in [0.2, 0.25) is 0 Å². The highest BCUT2D eigenvalue weighted by Gasteiger charge is 2.16. The number of hydrogen-bond acceptors (Lipinski definition) is 3. The fraction of sp³-hybridized carbons (Fsp3) is 0.136. The van der Waals surface area contributed by atoms with E-state index >= 15 is 0 Å². The molecule has 0 saturated heterocycles. The second-order valence-corrected chi connectivity index (χ2v) is 8.29. The maximum atomic E-state index is 12.6. The Balaban J connectivity index is 1.73. The maximum absolute atomic E-state index is 12.6. The Hall–Kier alpha value is -3.12. The highest BCUT2D eigenvalue weighted by Crippen LogP contribution is 2.18. The van der Waals surface area contributed by atoms with Crippen molar-refractivity contribution in [1.29, 1.82) is 0 Å². The Kier molecular flexibility index (Phi) is 5.80. The normalized spacial score (nSPS) is 12.2. The molecule has 0 radical (unpaired) electrons. The molecule has 0 bridgehead atoms. The number of amides is 1. The molecule has 0 aliphatic rings. The Morgan fingerprint density at radius 3 is 2.25 bits per heavy atom. The fourth-order valence-corrected chi connectivity index (χ4v) is 3.83. The molecule has 0 heterocycles. The molecule has 0 aromatic heterocycles. The van der Waals surface area contributed by atoms with E-state index in [-0.39, 0.29) is 16.8 Å². The van der Waals surface area contributed by atoms with Gasteiger partial charge in [-0.3, -0.25) is 9.52 Å². The van der Waals surface area contributed by atoms with Crippen molar-refractivity contribution < 1.29 is 13.2 Å². The first-order valence-electron chi connectivity index (χ1n) is 8.90. The van der Waals surface area contributed by atoms with Crippen molar-refractivity contribution in [2.75, 3.05) is 4.72 Å². The molecule has 0 fully saturated rings. The predicted molar refractivity (Wildman–Crippen MR) is 111 cm³/mol. The lowest BCUT2D eigenvalue weighted by atomic mass is 10.1. The SMILES string of the molecule is Cc1ccc([C@H](C)NC(=O)c2cccc(NS(=O)(=O)c3ccccc3)c2)cc1. The summed E-state index contributed by atoms with van der Waals surface area (Å²) in [7, 11) is -3.71. The van der Waals surface area contributed by atoms with Crippen LogP contribution >= 0.6 is 0 Å². The number of carbonyl (C=O) groups is 1. The van der Waals surface area contributed by atoms with Gasteiger partial charge in [0.25, 0.3) is 15.9 Å². The molecule has 1 atom stereocenters. The van der Waals surface area contributed by atoms with Crippen LogP contribution < -0.4 is 10.0 Å². The van der Waals surface area contributed by atoms with Crippen molar-refractivity contribution in [3.8, 4) is 0 Å². The van der Waals surface area contributed by atoms with Gasteiger partial charge in [-0.25, -0.2) is 8.42 Å². The van der Waals surface area contributed by atoms with Gasteiger partial charge in [0.15, 0.2) is 0 Å². The number of sulfonamides is 1. The first-order chi connectivity index (χ1) is 13.3. The number of hydrogen-bond donors (Lipinski definition) is 2. The second-order valence-electron chi connectivity index (χ2n) is 6.61. The van der Waals surface area contributed by atoms with Gasteiger partial charge < -0.3 is 5.32 Å². The zero-order chi connectivity index (χ0) is 20.1. The van der Waals surface area contributed by atoms with Gasteiger partial charge in [0.1, 0.15) is 0 Å². The first kappa shape index (κ1) is 19.6. The van der Waals surface area contributed by atoms with Crippen LogP contribution in [0.4, 0.5) is 5.69 Å². The third-order valence-corrected chi connectivity index (χ3v) is 5.75. The molecule has 5 nitrogen and oxygen atoms in total. The van der Waals surface area contributed by atoms with E-state index < -0.39 is 10.0 Å². The van der Waals surface area contributed by atoms with Gasteiger partial charge in [-0.15, -0.1) is 0 Å². The standard InChI is InChI=1S/C22H22N2O3S/c1-16-11-13-18(14-12-16)17(2)23-22(25)19-7-6-8-20(15-19)24-28(26,27)21-9-4-3-5-10-21/h3-15,17,24H,1-2H3,(H,23,25)/t17-/m0/s1. The Labute approximate surface area is 165 Å². The summed E-state index contributed by atoms with van der Waals surface area (Å²) in [4.78, 5) is 12.8. The van der Waals surface area contributed by atoms with E-state index in [2.05, 4.69) is 10.0 Å². The van der Waals surface area contributed by atoms with Crippen LogP contribution in [-0.4, -0.2) is 14.3 Å². The molecule has 2 N–H and O–H groups in total. The predicted octanol–water partition coefficient (Wildman–Crippen LogP) is 4.29. The summed E-state index contributed by atoms with van der Waals surface area (Å²) < 4.78 is 27.4. The van der Waals surface area contributed by atoms with Gasteiger partial charge in [0.2, 0.25) is 0 Å². The lowest BCUT2D eigenvalue weighted by Crippen LogP contribution is -2.26. The van der Waals surface area contributed by atoms with E-state index in [1.807, 2.05) is 38.1 Å². The van der Waals surface area contributed by atoms with Gasteiger partial charge in [0, 0.05) is 11.3 Å². The smallest absolute Gasteiger partial charge is 0.261 e. The summed E-state index contributed by atoms with van der Waals surface area (Å²) in [5.41, 5.74) is 2.87. The fourth-order valence-electron chi connectivity index (χ4n) is 2.76. The minimum Gasteiger partial charge on any atom is -0.346 e. The minimum atomic E-state index is -3.71. The van der Waals surface area contributed by atoms with Crippen molar-refractivity contribution in [2.24, 2.45) is 0 Å². The lowest BCUT2D eigenvalue weighted by molar-refractivity contribution is 0.0940. The maximum Gasteiger partial charge on any atom is 0.261 e. The number of carbonyl (C=O) groups excluding carboxylic acids is 1. The van der Waals surface area contributed by atoms with Crippen molar-refractivity contribution in [1.82, 2.24) is 5.32 Å². The molecule has 1 amide bonds. The van der Waals surface area contributed by atoms with Gasteiger partial charge >= 0.3 is 0 Å². The van der Waals surface area contributed by atoms with Crippen LogP contribution in [0.15, 0.2) is 83.8 Å². The average Bonchev–Trinajstić information content (AvgIpc) is 2.69.